The molecule has 17 heavy (non-hydrogen) atoms. The molecule has 0 aliphatic carbocycles. The van der Waals surface area contributed by atoms with E-state index in [1.807, 2.05) is 19.2 Å². The zero-order valence-corrected chi connectivity index (χ0v) is 12.3. The lowest BCUT2D eigenvalue weighted by molar-refractivity contribution is 0.292. The van der Waals surface area contributed by atoms with Crippen LogP contribution in [0.1, 0.15) is 32.3 Å². The van der Waals surface area contributed by atoms with Crippen molar-refractivity contribution in [3.63, 3.8) is 0 Å². The predicted molar refractivity (Wildman–Crippen MR) is 71.1 cm³/mol. The molecule has 0 aromatic carbocycles. The second kappa shape index (κ2) is 4.53. The standard InChI is InChI=1S/C11H16ClNO2S2/c1-11(2)4-3-5-13(11)17(14,15)10-6-9(7-12)8-16-10/h6,8H,3-5,7H2,1-2H3. The summed E-state index contributed by atoms with van der Waals surface area (Å²) in [5, 5.41) is 1.81. The fourth-order valence-electron chi connectivity index (χ4n) is 2.20. The molecule has 0 amide bonds. The van der Waals surface area contributed by atoms with E-state index in [1.54, 1.807) is 10.4 Å². The van der Waals surface area contributed by atoms with Crippen LogP contribution in [0.2, 0.25) is 0 Å². The second-order valence-electron chi connectivity index (χ2n) is 4.90. The first-order chi connectivity index (χ1) is 7.88. The number of hydrogen-bond donors (Lipinski definition) is 0. The fourth-order valence-corrected chi connectivity index (χ4v) is 5.61. The van der Waals surface area contributed by atoms with E-state index in [4.69, 9.17) is 11.6 Å². The Bertz CT molecular complexity index is 507. The predicted octanol–water partition coefficient (Wildman–Crippen LogP) is 3.05. The van der Waals surface area contributed by atoms with Gasteiger partial charge in [-0.05, 0) is 43.7 Å². The summed E-state index contributed by atoms with van der Waals surface area (Å²) in [6.07, 6.45) is 1.85. The average molecular weight is 294 g/mol. The highest BCUT2D eigenvalue weighted by molar-refractivity contribution is 7.91. The minimum Gasteiger partial charge on any atom is -0.206 e. The van der Waals surface area contributed by atoms with E-state index in [0.717, 1.165) is 18.4 Å². The third-order valence-corrected chi connectivity index (χ3v) is 7.04. The van der Waals surface area contributed by atoms with Crippen LogP contribution in [0.15, 0.2) is 15.7 Å². The van der Waals surface area contributed by atoms with Crippen molar-refractivity contribution in [3.05, 3.63) is 17.0 Å². The molecule has 0 unspecified atom stereocenters. The number of rotatable bonds is 3. The van der Waals surface area contributed by atoms with Crippen LogP contribution in [-0.4, -0.2) is 24.8 Å². The highest BCUT2D eigenvalue weighted by atomic mass is 35.5. The molecule has 0 N–H and O–H groups in total. The van der Waals surface area contributed by atoms with Gasteiger partial charge in [0, 0.05) is 18.0 Å². The maximum atomic E-state index is 12.5. The van der Waals surface area contributed by atoms with Gasteiger partial charge in [-0.1, -0.05) is 0 Å². The number of hydrogen-bond acceptors (Lipinski definition) is 3. The Balaban J connectivity index is 2.36. The van der Waals surface area contributed by atoms with Crippen LogP contribution in [0.5, 0.6) is 0 Å². The van der Waals surface area contributed by atoms with Crippen molar-refractivity contribution in [1.82, 2.24) is 4.31 Å². The Morgan fingerprint density at radius 1 is 1.53 bits per heavy atom. The topological polar surface area (TPSA) is 37.4 Å². The van der Waals surface area contributed by atoms with Crippen LogP contribution >= 0.6 is 22.9 Å². The molecule has 1 aromatic rings. The smallest absolute Gasteiger partial charge is 0.206 e. The van der Waals surface area contributed by atoms with Gasteiger partial charge >= 0.3 is 0 Å². The Labute approximate surface area is 111 Å². The van der Waals surface area contributed by atoms with Crippen molar-refractivity contribution in [2.75, 3.05) is 6.54 Å². The van der Waals surface area contributed by atoms with Gasteiger partial charge in [0.1, 0.15) is 4.21 Å². The van der Waals surface area contributed by atoms with Gasteiger partial charge in [0.05, 0.1) is 0 Å². The van der Waals surface area contributed by atoms with Crippen LogP contribution in [0.4, 0.5) is 0 Å². The van der Waals surface area contributed by atoms with Gasteiger partial charge in [0.25, 0.3) is 10.0 Å². The summed E-state index contributed by atoms with van der Waals surface area (Å²) < 4.78 is 27.0. The first-order valence-corrected chi connectivity index (χ1v) is 8.39. The summed E-state index contributed by atoms with van der Waals surface area (Å²) in [4.78, 5) is 0. The van der Waals surface area contributed by atoms with E-state index >= 15 is 0 Å². The number of nitrogens with zero attached hydrogens (tertiary/aromatic N) is 1. The molecule has 1 aliphatic rings. The van der Waals surface area contributed by atoms with Gasteiger partial charge in [-0.25, -0.2) is 8.42 Å². The van der Waals surface area contributed by atoms with Crippen molar-refractivity contribution in [2.45, 2.75) is 42.3 Å². The molecule has 1 saturated heterocycles. The first kappa shape index (κ1) is 13.3. The quantitative estimate of drug-likeness (QED) is 0.803. The number of alkyl halides is 1. The van der Waals surface area contributed by atoms with Crippen LogP contribution in [0, 0.1) is 0 Å². The lowest BCUT2D eigenvalue weighted by atomic mass is 10.0. The minimum absolute atomic E-state index is 0.274. The van der Waals surface area contributed by atoms with Gasteiger partial charge < -0.3 is 0 Å². The van der Waals surface area contributed by atoms with Crippen molar-refractivity contribution in [1.29, 1.82) is 0 Å². The van der Waals surface area contributed by atoms with E-state index in [-0.39, 0.29) is 5.54 Å². The third kappa shape index (κ3) is 2.38. The van der Waals surface area contributed by atoms with Crippen LogP contribution in [0.25, 0.3) is 0 Å². The SMILES string of the molecule is CC1(C)CCCN1S(=O)(=O)c1cc(CCl)cs1. The molecule has 96 valence electrons. The minimum atomic E-state index is -3.34. The molecule has 2 heterocycles. The van der Waals surface area contributed by atoms with Crippen LogP contribution in [0.3, 0.4) is 0 Å². The molecule has 0 atom stereocenters. The van der Waals surface area contributed by atoms with E-state index < -0.39 is 10.0 Å². The zero-order valence-electron chi connectivity index (χ0n) is 9.94. The fraction of sp³-hybridized carbons (Fsp3) is 0.636. The molecular weight excluding hydrogens is 278 g/mol. The number of halogens is 1. The molecule has 0 spiro atoms. The van der Waals surface area contributed by atoms with Gasteiger partial charge in [-0.3, -0.25) is 0 Å². The Morgan fingerprint density at radius 2 is 2.24 bits per heavy atom. The first-order valence-electron chi connectivity index (χ1n) is 5.54. The number of thiophene rings is 1. The van der Waals surface area contributed by atoms with Crippen molar-refractivity contribution >= 4 is 33.0 Å². The van der Waals surface area contributed by atoms with Gasteiger partial charge in [0.15, 0.2) is 0 Å². The lowest BCUT2D eigenvalue weighted by Crippen LogP contribution is -2.42. The molecule has 0 saturated carbocycles. The summed E-state index contributed by atoms with van der Waals surface area (Å²) in [5.74, 6) is 0.357. The Morgan fingerprint density at radius 3 is 2.71 bits per heavy atom. The van der Waals surface area contributed by atoms with Crippen molar-refractivity contribution < 1.29 is 8.42 Å². The van der Waals surface area contributed by atoms with Crippen molar-refractivity contribution in [2.24, 2.45) is 0 Å². The Hall–Kier alpha value is -0.100. The van der Waals surface area contributed by atoms with Crippen molar-refractivity contribution in [3.8, 4) is 0 Å². The molecule has 6 heteroatoms. The maximum absolute atomic E-state index is 12.5. The zero-order chi connectivity index (χ0) is 12.7. The van der Waals surface area contributed by atoms with E-state index in [9.17, 15) is 8.42 Å². The summed E-state index contributed by atoms with van der Waals surface area (Å²) >= 11 is 6.96. The molecule has 0 bridgehead atoms. The van der Waals surface area contributed by atoms with Gasteiger partial charge in [-0.2, -0.15) is 4.31 Å². The largest absolute Gasteiger partial charge is 0.253 e. The van der Waals surface area contributed by atoms with Crippen LogP contribution in [-0.2, 0) is 15.9 Å². The lowest BCUT2D eigenvalue weighted by Gasteiger charge is -2.29. The number of sulfonamides is 1. The molecule has 2 rings (SSSR count). The summed E-state index contributed by atoms with van der Waals surface area (Å²) in [6.45, 7) is 4.57. The second-order valence-corrected chi connectivity index (χ2v) is 8.17. The summed E-state index contributed by atoms with van der Waals surface area (Å²) in [6, 6.07) is 1.68. The normalized spacial score (nSPS) is 20.9. The van der Waals surface area contributed by atoms with Gasteiger partial charge in [-0.15, -0.1) is 22.9 Å². The summed E-state index contributed by atoms with van der Waals surface area (Å²) in [5.41, 5.74) is 0.594. The highest BCUT2D eigenvalue weighted by Crippen LogP contribution is 2.35. The molecule has 1 fully saturated rings. The van der Waals surface area contributed by atoms with E-state index in [0.29, 0.717) is 16.6 Å². The average Bonchev–Trinajstić information content (AvgIpc) is 2.83. The highest BCUT2D eigenvalue weighted by Gasteiger charge is 2.41. The monoisotopic (exact) mass is 293 g/mol. The molecule has 3 nitrogen and oxygen atoms in total. The van der Waals surface area contributed by atoms with E-state index in [2.05, 4.69) is 0 Å². The maximum Gasteiger partial charge on any atom is 0.253 e. The summed E-state index contributed by atoms with van der Waals surface area (Å²) in [7, 11) is -3.34. The van der Waals surface area contributed by atoms with Gasteiger partial charge in [0.2, 0.25) is 0 Å². The molecule has 0 radical (unpaired) electrons. The van der Waals surface area contributed by atoms with Crippen LogP contribution < -0.4 is 0 Å². The molecule has 1 aliphatic heterocycles. The molecular formula is C11H16ClNO2S2. The van der Waals surface area contributed by atoms with E-state index in [1.165, 1.54) is 11.3 Å². The Kier molecular flexibility index (Phi) is 3.56. The molecule has 1 aromatic heterocycles. The third-order valence-electron chi connectivity index (χ3n) is 3.15.